The summed E-state index contributed by atoms with van der Waals surface area (Å²) in [5.74, 6) is 0.786. The monoisotopic (exact) mass is 436 g/mol. The first kappa shape index (κ1) is 22.7. The molecule has 8 nitrogen and oxygen atoms in total. The first-order valence-electron chi connectivity index (χ1n) is 10.9. The predicted octanol–water partition coefficient (Wildman–Crippen LogP) is 1.06. The molecule has 2 bridgehead atoms. The fourth-order valence-corrected chi connectivity index (χ4v) is 5.49. The summed E-state index contributed by atoms with van der Waals surface area (Å²) >= 11 is 0. The van der Waals surface area contributed by atoms with Crippen molar-refractivity contribution in [2.24, 2.45) is 29.4 Å². The third kappa shape index (κ3) is 5.03. The van der Waals surface area contributed by atoms with Crippen molar-refractivity contribution >= 4 is 30.2 Å². The molecular formula is C21H33ClN6O2. The number of nitrogens with zero attached hydrogens (tertiary/aromatic N) is 4. The molecule has 3 aliphatic rings. The van der Waals surface area contributed by atoms with Crippen LogP contribution in [0.1, 0.15) is 32.1 Å². The average Bonchev–Trinajstić information content (AvgIpc) is 3.36. The lowest BCUT2D eigenvalue weighted by molar-refractivity contribution is -0.135. The largest absolute Gasteiger partial charge is 0.369 e. The third-order valence-electron chi connectivity index (χ3n) is 6.96. The van der Waals surface area contributed by atoms with Gasteiger partial charge in [0.25, 0.3) is 0 Å². The second kappa shape index (κ2) is 10.4. The maximum atomic E-state index is 12.6. The van der Waals surface area contributed by atoms with Crippen LogP contribution in [0.15, 0.2) is 18.5 Å². The minimum Gasteiger partial charge on any atom is -0.369 e. The van der Waals surface area contributed by atoms with Gasteiger partial charge in [-0.1, -0.05) is 0 Å². The van der Waals surface area contributed by atoms with E-state index in [9.17, 15) is 9.59 Å². The molecule has 2 aliphatic carbocycles. The van der Waals surface area contributed by atoms with Crippen LogP contribution in [0.5, 0.6) is 0 Å². The second-order valence-electron chi connectivity index (χ2n) is 8.66. The number of fused-ring (bicyclic) bond motifs is 2. The van der Waals surface area contributed by atoms with Gasteiger partial charge in [-0.05, 0) is 56.6 Å². The summed E-state index contributed by atoms with van der Waals surface area (Å²) in [5.41, 5.74) is 5.58. The van der Waals surface area contributed by atoms with Crippen molar-refractivity contribution in [2.45, 2.75) is 32.1 Å². The molecule has 0 spiro atoms. The van der Waals surface area contributed by atoms with Gasteiger partial charge in [0.1, 0.15) is 0 Å². The minimum absolute atomic E-state index is 0. The van der Waals surface area contributed by atoms with Gasteiger partial charge in [-0.15, -0.1) is 12.4 Å². The highest BCUT2D eigenvalue weighted by Crippen LogP contribution is 2.52. The molecule has 1 aliphatic heterocycles. The summed E-state index contributed by atoms with van der Waals surface area (Å²) in [5, 5.41) is 3.07. The lowest BCUT2D eigenvalue weighted by atomic mass is 9.78. The van der Waals surface area contributed by atoms with Crippen LogP contribution in [0.3, 0.4) is 0 Å². The van der Waals surface area contributed by atoms with E-state index in [1.807, 2.05) is 6.07 Å². The second-order valence-corrected chi connectivity index (χ2v) is 8.66. The van der Waals surface area contributed by atoms with E-state index in [1.54, 1.807) is 12.4 Å². The van der Waals surface area contributed by atoms with Gasteiger partial charge in [0.2, 0.25) is 17.8 Å². The van der Waals surface area contributed by atoms with Gasteiger partial charge in [0.05, 0.1) is 11.8 Å². The van der Waals surface area contributed by atoms with Crippen molar-refractivity contribution < 1.29 is 9.59 Å². The van der Waals surface area contributed by atoms with Crippen LogP contribution >= 0.6 is 12.4 Å². The van der Waals surface area contributed by atoms with Gasteiger partial charge in [0, 0.05) is 45.1 Å². The van der Waals surface area contributed by atoms with Crippen molar-refractivity contribution in [3.63, 3.8) is 0 Å². The zero-order valence-electron chi connectivity index (χ0n) is 17.4. The minimum atomic E-state index is -0.294. The molecule has 0 aromatic carbocycles. The van der Waals surface area contributed by atoms with Crippen molar-refractivity contribution in [1.29, 1.82) is 0 Å². The summed E-state index contributed by atoms with van der Waals surface area (Å²) in [6.45, 7) is 5.62. The molecule has 2 saturated carbocycles. The van der Waals surface area contributed by atoms with Gasteiger partial charge >= 0.3 is 0 Å². The quantitative estimate of drug-likeness (QED) is 0.590. The van der Waals surface area contributed by atoms with Gasteiger partial charge in [0.15, 0.2) is 0 Å². The Bertz CT molecular complexity index is 713. The summed E-state index contributed by atoms with van der Waals surface area (Å²) in [4.78, 5) is 37.8. The number of hydrogen-bond donors (Lipinski definition) is 2. The van der Waals surface area contributed by atoms with E-state index >= 15 is 0 Å². The van der Waals surface area contributed by atoms with Crippen LogP contribution < -0.4 is 16.0 Å². The predicted molar refractivity (Wildman–Crippen MR) is 117 cm³/mol. The first-order valence-corrected chi connectivity index (χ1v) is 10.9. The fraction of sp³-hybridized carbons (Fsp3) is 0.714. The van der Waals surface area contributed by atoms with Gasteiger partial charge in [-0.3, -0.25) is 14.5 Å². The SMILES string of the molecule is Cl.NC(=O)C1C2CCC(C2)C1C(=O)NCCCCN1CCN(c2ncccn2)CC1. The molecule has 9 heteroatoms. The molecule has 2 heterocycles. The number of hydrogen-bond acceptors (Lipinski definition) is 6. The zero-order chi connectivity index (χ0) is 20.2. The third-order valence-corrected chi connectivity index (χ3v) is 6.96. The van der Waals surface area contributed by atoms with Crippen molar-refractivity contribution in [3.8, 4) is 0 Å². The highest BCUT2D eigenvalue weighted by atomic mass is 35.5. The highest BCUT2D eigenvalue weighted by Gasteiger charge is 2.52. The Morgan fingerprint density at radius 1 is 1.03 bits per heavy atom. The molecule has 166 valence electrons. The Morgan fingerprint density at radius 2 is 1.70 bits per heavy atom. The number of primary amides is 1. The van der Waals surface area contributed by atoms with E-state index in [0.717, 1.165) is 70.8 Å². The maximum absolute atomic E-state index is 12.6. The van der Waals surface area contributed by atoms with Crippen LogP contribution in [0.25, 0.3) is 0 Å². The Labute approximate surface area is 184 Å². The lowest BCUT2D eigenvalue weighted by Crippen LogP contribution is -2.47. The molecule has 3 N–H and O–H groups in total. The Kier molecular flexibility index (Phi) is 7.88. The van der Waals surface area contributed by atoms with Crippen LogP contribution in [0.4, 0.5) is 5.95 Å². The number of nitrogens with one attached hydrogen (secondary N) is 1. The van der Waals surface area contributed by atoms with E-state index in [1.165, 1.54) is 0 Å². The number of nitrogens with two attached hydrogens (primary N) is 1. The Morgan fingerprint density at radius 3 is 2.37 bits per heavy atom. The van der Waals surface area contributed by atoms with Gasteiger partial charge in [-0.25, -0.2) is 9.97 Å². The molecule has 0 radical (unpaired) electrons. The van der Waals surface area contributed by atoms with Gasteiger partial charge < -0.3 is 16.0 Å². The normalized spacial score (nSPS) is 28.2. The lowest BCUT2D eigenvalue weighted by Gasteiger charge is -2.34. The number of amides is 2. The molecule has 3 fully saturated rings. The van der Waals surface area contributed by atoms with E-state index < -0.39 is 0 Å². The van der Waals surface area contributed by atoms with Crippen molar-refractivity contribution in [1.82, 2.24) is 20.2 Å². The molecule has 30 heavy (non-hydrogen) atoms. The molecule has 4 unspecified atom stereocenters. The van der Waals surface area contributed by atoms with Crippen LogP contribution in [-0.4, -0.2) is 66.0 Å². The number of carbonyl (C=O) groups is 2. The molecule has 1 saturated heterocycles. The Balaban J connectivity index is 0.00000256. The van der Waals surface area contributed by atoms with Crippen molar-refractivity contribution in [3.05, 3.63) is 18.5 Å². The topological polar surface area (TPSA) is 104 Å². The number of piperazine rings is 1. The van der Waals surface area contributed by atoms with E-state index in [4.69, 9.17) is 5.73 Å². The molecule has 1 aromatic heterocycles. The molecular weight excluding hydrogens is 404 g/mol. The maximum Gasteiger partial charge on any atom is 0.225 e. The average molecular weight is 437 g/mol. The van der Waals surface area contributed by atoms with E-state index in [-0.39, 0.29) is 36.1 Å². The molecule has 2 amide bonds. The first-order chi connectivity index (χ1) is 14.1. The number of aromatic nitrogens is 2. The van der Waals surface area contributed by atoms with Crippen LogP contribution in [0.2, 0.25) is 0 Å². The fourth-order valence-electron chi connectivity index (χ4n) is 5.49. The van der Waals surface area contributed by atoms with E-state index in [2.05, 4.69) is 25.1 Å². The molecule has 4 rings (SSSR count). The highest BCUT2D eigenvalue weighted by molar-refractivity contribution is 5.88. The zero-order valence-corrected chi connectivity index (χ0v) is 18.2. The Hall–Kier alpha value is -1.93. The number of anilines is 1. The summed E-state index contributed by atoms with van der Waals surface area (Å²) in [6.07, 6.45) is 8.68. The van der Waals surface area contributed by atoms with Gasteiger partial charge in [-0.2, -0.15) is 0 Å². The smallest absolute Gasteiger partial charge is 0.225 e. The number of carbonyl (C=O) groups excluding carboxylic acids is 2. The number of unbranched alkanes of at least 4 members (excludes halogenated alkanes) is 1. The standard InChI is InChI=1S/C21H32N6O2.ClH/c22-19(28)17-15-4-5-16(14-15)18(17)20(29)23-6-1-2-9-26-10-12-27(13-11-26)21-24-7-3-8-25-21;/h3,7-8,15-18H,1-2,4-6,9-14H2,(H2,22,28)(H,23,29);1H. The number of rotatable bonds is 8. The summed E-state index contributed by atoms with van der Waals surface area (Å²) in [7, 11) is 0. The van der Waals surface area contributed by atoms with Crippen molar-refractivity contribution in [2.75, 3.05) is 44.2 Å². The molecule has 4 atom stereocenters. The van der Waals surface area contributed by atoms with Crippen LogP contribution in [-0.2, 0) is 9.59 Å². The summed E-state index contributed by atoms with van der Waals surface area (Å²) in [6, 6.07) is 1.84. The number of halogens is 1. The summed E-state index contributed by atoms with van der Waals surface area (Å²) < 4.78 is 0. The molecule has 1 aromatic rings. The van der Waals surface area contributed by atoms with Crippen LogP contribution in [0, 0.1) is 23.7 Å². The van der Waals surface area contributed by atoms with E-state index in [0.29, 0.717) is 18.4 Å².